The van der Waals surface area contributed by atoms with Crippen LogP contribution >= 0.6 is 35.6 Å². The van der Waals surface area contributed by atoms with E-state index in [0.717, 1.165) is 41.9 Å². The first-order valence-corrected chi connectivity index (χ1v) is 10.8. The lowest BCUT2D eigenvalue weighted by Gasteiger charge is -2.13. The fourth-order valence-electron chi connectivity index (χ4n) is 3.37. The maximum Gasteiger partial charge on any atom is 0.226 e. The second-order valence-corrected chi connectivity index (χ2v) is 7.77. The number of carbonyl (C=O) groups excluding carboxylic acids is 1. The highest BCUT2D eigenvalue weighted by Gasteiger charge is 2.08. The summed E-state index contributed by atoms with van der Waals surface area (Å²) < 4.78 is 2.23. The number of aryl methyl sites for hydroxylation is 3. The second-order valence-electron chi connectivity index (χ2n) is 7.36. The monoisotopic (exact) mass is 568 g/mol. The van der Waals surface area contributed by atoms with Crippen LogP contribution in [0.15, 0.2) is 47.5 Å². The van der Waals surface area contributed by atoms with Crippen molar-refractivity contribution in [3.05, 3.63) is 58.9 Å². The molecule has 0 spiro atoms. The second kappa shape index (κ2) is 12.6. The molecule has 0 bridgehead atoms. The van der Waals surface area contributed by atoms with Gasteiger partial charge in [0.25, 0.3) is 0 Å². The van der Waals surface area contributed by atoms with Crippen LogP contribution in [0.3, 0.4) is 0 Å². The topological polar surface area (TPSA) is 83.3 Å². The summed E-state index contributed by atoms with van der Waals surface area (Å²) >= 11 is 6.17. The molecule has 0 radical (unpaired) electrons. The van der Waals surface area contributed by atoms with Crippen molar-refractivity contribution < 1.29 is 4.79 Å². The molecule has 7 nitrogen and oxygen atoms in total. The Morgan fingerprint density at radius 2 is 1.88 bits per heavy atom. The smallest absolute Gasteiger partial charge is 0.226 e. The number of imidazole rings is 1. The van der Waals surface area contributed by atoms with E-state index in [0.29, 0.717) is 29.6 Å². The first-order chi connectivity index (χ1) is 15.0. The van der Waals surface area contributed by atoms with Gasteiger partial charge in [-0.2, -0.15) is 0 Å². The van der Waals surface area contributed by atoms with Gasteiger partial charge in [-0.25, -0.2) is 4.98 Å². The number of aliphatic imine (C=N–C) groups is 1. The van der Waals surface area contributed by atoms with Gasteiger partial charge in [0.05, 0.1) is 21.7 Å². The Labute approximate surface area is 211 Å². The van der Waals surface area contributed by atoms with Gasteiger partial charge in [0.2, 0.25) is 5.91 Å². The lowest BCUT2D eigenvalue weighted by Crippen LogP contribution is -2.39. The van der Waals surface area contributed by atoms with Crippen LogP contribution in [0, 0.1) is 13.8 Å². The van der Waals surface area contributed by atoms with Gasteiger partial charge in [-0.15, -0.1) is 24.0 Å². The number of para-hydroxylation sites is 2. The molecule has 0 aliphatic carbocycles. The van der Waals surface area contributed by atoms with Crippen molar-refractivity contribution >= 4 is 64.2 Å². The molecule has 0 fully saturated rings. The molecule has 2 aromatic carbocycles. The lowest BCUT2D eigenvalue weighted by atomic mass is 10.2. The number of fused-ring (bicyclic) bond motifs is 1. The van der Waals surface area contributed by atoms with E-state index in [2.05, 4.69) is 36.6 Å². The first-order valence-electron chi connectivity index (χ1n) is 10.4. The minimum atomic E-state index is -0.101. The highest BCUT2D eigenvalue weighted by atomic mass is 127. The molecule has 0 aliphatic rings. The van der Waals surface area contributed by atoms with E-state index in [9.17, 15) is 4.79 Å². The molecule has 3 rings (SSSR count). The van der Waals surface area contributed by atoms with E-state index in [-0.39, 0.29) is 29.9 Å². The predicted molar refractivity (Wildman–Crippen MR) is 143 cm³/mol. The molecule has 1 aromatic heterocycles. The number of nitrogens with zero attached hydrogens (tertiary/aromatic N) is 3. The first kappa shape index (κ1) is 25.9. The molecule has 3 N–H and O–H groups in total. The quantitative estimate of drug-likeness (QED) is 0.162. The van der Waals surface area contributed by atoms with E-state index in [1.807, 2.05) is 50.2 Å². The molecule has 0 atom stereocenters. The molecule has 172 valence electrons. The number of aromatic nitrogens is 2. The maximum absolute atomic E-state index is 12.2. The number of rotatable bonds is 8. The fourth-order valence-corrected chi connectivity index (χ4v) is 3.65. The fraction of sp³-hybridized carbons (Fsp3) is 0.348. The third kappa shape index (κ3) is 7.09. The number of amides is 1. The van der Waals surface area contributed by atoms with Gasteiger partial charge >= 0.3 is 0 Å². The summed E-state index contributed by atoms with van der Waals surface area (Å²) in [5, 5.41) is 9.84. The van der Waals surface area contributed by atoms with Crippen molar-refractivity contribution in [3.63, 3.8) is 0 Å². The number of carbonyl (C=O) groups is 1. The highest BCUT2D eigenvalue weighted by Crippen LogP contribution is 2.22. The summed E-state index contributed by atoms with van der Waals surface area (Å²) in [5.41, 5.74) is 3.86. The zero-order valence-corrected chi connectivity index (χ0v) is 21.7. The zero-order valence-electron chi connectivity index (χ0n) is 18.6. The van der Waals surface area contributed by atoms with E-state index in [1.165, 1.54) is 0 Å². The summed E-state index contributed by atoms with van der Waals surface area (Å²) in [5.74, 6) is 1.59. The standard InChI is InChI=1S/C23H29ClN6O.HI/c1-16-9-10-19(18(24)15-16)29-22(31)11-13-27-23(25-3)26-12-6-14-30-17(2)28-20-7-4-5-8-21(20)30;/h4-5,7-10,15H,6,11-14H2,1-3H3,(H,29,31)(H2,25,26,27);1H. The van der Waals surface area contributed by atoms with Gasteiger partial charge in [-0.1, -0.05) is 29.8 Å². The van der Waals surface area contributed by atoms with Crippen LogP contribution in [0.2, 0.25) is 5.02 Å². The Kier molecular flexibility index (Phi) is 10.2. The predicted octanol–water partition coefficient (Wildman–Crippen LogP) is 4.51. The maximum atomic E-state index is 12.2. The van der Waals surface area contributed by atoms with Crippen molar-refractivity contribution in [2.45, 2.75) is 33.2 Å². The van der Waals surface area contributed by atoms with Crippen LogP contribution in [0.25, 0.3) is 11.0 Å². The van der Waals surface area contributed by atoms with Crippen LogP contribution in [-0.4, -0.2) is 41.6 Å². The van der Waals surface area contributed by atoms with E-state index < -0.39 is 0 Å². The van der Waals surface area contributed by atoms with E-state index in [4.69, 9.17) is 11.6 Å². The van der Waals surface area contributed by atoms with Crippen molar-refractivity contribution in [3.8, 4) is 0 Å². The average Bonchev–Trinajstić information content (AvgIpc) is 3.07. The molecular formula is C23H30ClIN6O. The lowest BCUT2D eigenvalue weighted by molar-refractivity contribution is -0.116. The Morgan fingerprint density at radius 1 is 1.12 bits per heavy atom. The van der Waals surface area contributed by atoms with Crippen molar-refractivity contribution in [2.24, 2.45) is 4.99 Å². The van der Waals surface area contributed by atoms with Crippen molar-refractivity contribution in [2.75, 3.05) is 25.5 Å². The van der Waals surface area contributed by atoms with E-state index >= 15 is 0 Å². The molecular weight excluding hydrogens is 539 g/mol. The minimum absolute atomic E-state index is 0. The normalized spacial score (nSPS) is 11.2. The van der Waals surface area contributed by atoms with Gasteiger partial charge in [0, 0.05) is 33.1 Å². The molecule has 9 heteroatoms. The number of hydrogen-bond acceptors (Lipinski definition) is 3. The molecule has 0 saturated heterocycles. The summed E-state index contributed by atoms with van der Waals surface area (Å²) in [7, 11) is 1.72. The summed E-state index contributed by atoms with van der Waals surface area (Å²) in [6.45, 7) is 6.09. The van der Waals surface area contributed by atoms with Gasteiger partial charge in [-0.05, 0) is 50.1 Å². The third-order valence-electron chi connectivity index (χ3n) is 4.96. The largest absolute Gasteiger partial charge is 0.356 e. The average molecular weight is 569 g/mol. The summed E-state index contributed by atoms with van der Waals surface area (Å²) in [6, 6.07) is 13.7. The molecule has 0 aliphatic heterocycles. The third-order valence-corrected chi connectivity index (χ3v) is 5.28. The molecule has 32 heavy (non-hydrogen) atoms. The Morgan fingerprint density at radius 3 is 2.62 bits per heavy atom. The van der Waals surface area contributed by atoms with Gasteiger partial charge < -0.3 is 20.5 Å². The van der Waals surface area contributed by atoms with Crippen molar-refractivity contribution in [1.29, 1.82) is 0 Å². The van der Waals surface area contributed by atoms with Crippen molar-refractivity contribution in [1.82, 2.24) is 20.2 Å². The number of benzene rings is 2. The highest BCUT2D eigenvalue weighted by molar-refractivity contribution is 14.0. The number of halogens is 2. The number of nitrogens with one attached hydrogen (secondary N) is 3. The molecule has 0 saturated carbocycles. The SMILES string of the molecule is CN=C(NCCCn1c(C)nc2ccccc21)NCCC(=O)Nc1ccc(C)cc1Cl.I. The molecule has 3 aromatic rings. The van der Waals surface area contributed by atoms with Crippen LogP contribution in [0.4, 0.5) is 5.69 Å². The van der Waals surface area contributed by atoms with Gasteiger partial charge in [0.15, 0.2) is 5.96 Å². The Balaban J connectivity index is 0.00000363. The molecule has 1 heterocycles. The van der Waals surface area contributed by atoms with Gasteiger partial charge in [-0.3, -0.25) is 9.79 Å². The molecule has 0 unspecified atom stereocenters. The Bertz CT molecular complexity index is 1080. The number of anilines is 1. The zero-order chi connectivity index (χ0) is 22.2. The number of hydrogen-bond donors (Lipinski definition) is 3. The molecule has 1 amide bonds. The van der Waals surface area contributed by atoms with E-state index in [1.54, 1.807) is 7.05 Å². The van der Waals surface area contributed by atoms with Crippen LogP contribution in [0.5, 0.6) is 0 Å². The van der Waals surface area contributed by atoms with Gasteiger partial charge in [0.1, 0.15) is 5.82 Å². The van der Waals surface area contributed by atoms with Crippen LogP contribution in [0.1, 0.15) is 24.2 Å². The number of guanidine groups is 1. The Hall–Kier alpha value is -2.33. The summed E-state index contributed by atoms with van der Waals surface area (Å²) in [4.78, 5) is 21.0. The minimum Gasteiger partial charge on any atom is -0.356 e. The van der Waals surface area contributed by atoms with Crippen LogP contribution < -0.4 is 16.0 Å². The van der Waals surface area contributed by atoms with Crippen LogP contribution in [-0.2, 0) is 11.3 Å². The summed E-state index contributed by atoms with van der Waals surface area (Å²) in [6.07, 6.45) is 1.24.